The summed E-state index contributed by atoms with van der Waals surface area (Å²) in [6.45, 7) is 14.5. The van der Waals surface area contributed by atoms with Crippen molar-refractivity contribution in [3.8, 4) is 5.75 Å². The number of carbonyl (C=O) groups excluding carboxylic acids is 1. The van der Waals surface area contributed by atoms with E-state index in [0.717, 1.165) is 6.07 Å². The summed E-state index contributed by atoms with van der Waals surface area (Å²) in [5.41, 5.74) is -3.14. The predicted molar refractivity (Wildman–Crippen MR) is 166 cm³/mol. The first-order valence-electron chi connectivity index (χ1n) is 16.4. The number of hydrogen-bond acceptors (Lipinski definition) is 10. The van der Waals surface area contributed by atoms with Gasteiger partial charge in [0.25, 0.3) is 11.4 Å². The maximum absolute atomic E-state index is 13.9. The number of nitrogens with zero attached hydrogens (tertiary/aromatic N) is 2. The minimum absolute atomic E-state index is 0. The second-order valence-corrected chi connectivity index (χ2v) is 13.5. The molecule has 0 aromatic heterocycles. The summed E-state index contributed by atoms with van der Waals surface area (Å²) < 4.78 is 13.2. The first-order chi connectivity index (χ1) is 21.0. The van der Waals surface area contributed by atoms with Crippen LogP contribution >= 0.6 is 0 Å². The minimum atomic E-state index is -1.12. The van der Waals surface area contributed by atoms with Gasteiger partial charge in [-0.2, -0.15) is 0 Å². The van der Waals surface area contributed by atoms with E-state index < -0.39 is 62.0 Å². The molecular weight excluding hydrogens is 607 g/mol. The molecule has 254 valence electrons. The third-order valence-electron chi connectivity index (χ3n) is 10.9. The number of benzene rings is 1. The Bertz CT molecular complexity index is 1260. The Labute approximate surface area is 294 Å². The standard InChI is InChI=1S/C33H52N2O10.Na/c1-9-23(31-20(6)17-33(11-3,45-31)26-14-15-32(39,10-2)22(8)44-26)30(38)21(7)28(36)18(4)12-13-24-25(34(40)41)16-19(5)29(37)27(24)35(42)43;/h16,18,20-23,26,28,31,36-37,39H,9-15,17H2,1-8H3;/q;+1/p-1/t18-,20+,21+,22+,23+,26-,28+,31+,32-,33+;/m1./s1. The number of Topliss-reactive ketones (excluding diaryl/α,β-unsaturated/α-hetero) is 1. The molecule has 1 aromatic rings. The first kappa shape index (κ1) is 40.5. The van der Waals surface area contributed by atoms with Crippen LogP contribution in [0.4, 0.5) is 11.4 Å². The number of rotatable bonds is 14. The van der Waals surface area contributed by atoms with Crippen molar-refractivity contribution in [2.24, 2.45) is 23.7 Å². The van der Waals surface area contributed by atoms with E-state index in [1.54, 1.807) is 13.8 Å². The second-order valence-electron chi connectivity index (χ2n) is 13.5. The number of nitro benzene ring substituents is 2. The normalized spacial score (nSPS) is 30.6. The van der Waals surface area contributed by atoms with Gasteiger partial charge in [-0.15, -0.1) is 0 Å². The van der Waals surface area contributed by atoms with Crippen LogP contribution in [0.5, 0.6) is 5.75 Å². The molecule has 0 saturated carbocycles. The molecule has 12 nitrogen and oxygen atoms in total. The quantitative estimate of drug-likeness (QED) is 0.171. The Hall–Kier alpha value is -1.67. The zero-order chi connectivity index (χ0) is 34.0. The summed E-state index contributed by atoms with van der Waals surface area (Å²) in [6.07, 6.45) is 1.64. The van der Waals surface area contributed by atoms with Crippen molar-refractivity contribution in [3.05, 3.63) is 37.4 Å². The number of aliphatic hydroxyl groups excluding tert-OH is 1. The Morgan fingerprint density at radius 2 is 1.76 bits per heavy atom. The van der Waals surface area contributed by atoms with Crippen LogP contribution < -0.4 is 34.7 Å². The average Bonchev–Trinajstić information content (AvgIpc) is 3.34. The van der Waals surface area contributed by atoms with Crippen molar-refractivity contribution in [2.45, 2.75) is 142 Å². The van der Waals surface area contributed by atoms with Crippen LogP contribution in [0.15, 0.2) is 6.07 Å². The minimum Gasteiger partial charge on any atom is -0.868 e. The summed E-state index contributed by atoms with van der Waals surface area (Å²) in [5.74, 6) is -2.79. The van der Waals surface area contributed by atoms with Crippen LogP contribution in [-0.2, 0) is 20.7 Å². The van der Waals surface area contributed by atoms with E-state index in [1.807, 2.05) is 20.8 Å². The fourth-order valence-electron chi connectivity index (χ4n) is 7.66. The van der Waals surface area contributed by atoms with Crippen molar-refractivity contribution in [3.63, 3.8) is 0 Å². The molecule has 46 heavy (non-hydrogen) atoms. The van der Waals surface area contributed by atoms with E-state index >= 15 is 0 Å². The average molecular weight is 659 g/mol. The molecule has 2 saturated heterocycles. The molecule has 13 heteroatoms. The van der Waals surface area contributed by atoms with Crippen molar-refractivity contribution >= 4 is 17.2 Å². The van der Waals surface area contributed by atoms with E-state index in [4.69, 9.17) is 9.47 Å². The fraction of sp³-hybridized carbons (Fsp3) is 0.788. The monoisotopic (exact) mass is 658 g/mol. The van der Waals surface area contributed by atoms with E-state index in [1.165, 1.54) is 6.92 Å². The van der Waals surface area contributed by atoms with Crippen LogP contribution in [0.3, 0.4) is 0 Å². The summed E-state index contributed by atoms with van der Waals surface area (Å²) in [7, 11) is 0. The molecule has 2 aliphatic heterocycles. The summed E-state index contributed by atoms with van der Waals surface area (Å²) in [4.78, 5) is 35.7. The summed E-state index contributed by atoms with van der Waals surface area (Å²) in [5, 5.41) is 58.0. The first-order valence-corrected chi connectivity index (χ1v) is 16.4. The van der Waals surface area contributed by atoms with E-state index in [9.17, 15) is 40.3 Å². The number of ether oxygens (including phenoxy) is 2. The number of ketones is 1. The van der Waals surface area contributed by atoms with Gasteiger partial charge in [0.05, 0.1) is 45.5 Å². The fourth-order valence-corrected chi connectivity index (χ4v) is 7.66. The molecule has 0 aliphatic carbocycles. The molecule has 2 fully saturated rings. The van der Waals surface area contributed by atoms with Gasteiger partial charge in [0, 0.05) is 17.9 Å². The van der Waals surface area contributed by atoms with Crippen LogP contribution in [0.1, 0.15) is 105 Å². The van der Waals surface area contributed by atoms with Gasteiger partial charge in [-0.05, 0) is 88.4 Å². The molecule has 0 radical (unpaired) electrons. The molecule has 0 bridgehead atoms. The predicted octanol–water partition coefficient (Wildman–Crippen LogP) is 2.33. The molecule has 0 unspecified atom stereocenters. The SMILES string of the molecule is CC[C@@H](C(=O)[C@@H](C)[C@@H](O)[C@H](C)CCc1c([N+](=O)[O-])cc(C)c([O-])c1[N+](=O)[O-])[C@H]1O[C@](CC)([C@H]2CC[C@](O)(CC)[C@H](C)O2)C[C@@H]1C.[Na+]. The molecule has 0 amide bonds. The van der Waals surface area contributed by atoms with Crippen molar-refractivity contribution in [1.29, 1.82) is 0 Å². The second kappa shape index (κ2) is 16.2. The van der Waals surface area contributed by atoms with Gasteiger partial charge < -0.3 is 24.8 Å². The number of hydrogen-bond donors (Lipinski definition) is 2. The van der Waals surface area contributed by atoms with Crippen LogP contribution in [0, 0.1) is 50.8 Å². The smallest absolute Gasteiger partial charge is 0.868 e. The molecule has 10 atom stereocenters. The molecule has 2 N–H and O–H groups in total. The Kier molecular flexibility index (Phi) is 14.2. The third kappa shape index (κ3) is 7.96. The number of carbonyl (C=O) groups is 1. The summed E-state index contributed by atoms with van der Waals surface area (Å²) >= 11 is 0. The van der Waals surface area contributed by atoms with Gasteiger partial charge in [0.2, 0.25) is 0 Å². The van der Waals surface area contributed by atoms with E-state index in [0.29, 0.717) is 38.5 Å². The van der Waals surface area contributed by atoms with Crippen LogP contribution in [-0.4, -0.2) is 61.5 Å². The van der Waals surface area contributed by atoms with Gasteiger partial charge in [0.1, 0.15) is 11.3 Å². The topological polar surface area (TPSA) is 185 Å². The third-order valence-corrected chi connectivity index (χ3v) is 10.9. The van der Waals surface area contributed by atoms with Gasteiger partial charge in [-0.25, -0.2) is 0 Å². The zero-order valence-corrected chi connectivity index (χ0v) is 30.9. The van der Waals surface area contributed by atoms with E-state index in [-0.39, 0.29) is 83.5 Å². The molecular formula is C33H51N2NaO10. The summed E-state index contributed by atoms with van der Waals surface area (Å²) in [6, 6.07) is 1.05. The molecule has 1 aromatic carbocycles. The van der Waals surface area contributed by atoms with Gasteiger partial charge in [0.15, 0.2) is 0 Å². The Balaban J connectivity index is 0.00000736. The number of nitro groups is 2. The van der Waals surface area contributed by atoms with E-state index in [2.05, 4.69) is 13.8 Å². The van der Waals surface area contributed by atoms with Crippen LogP contribution in [0.2, 0.25) is 0 Å². The maximum Gasteiger partial charge on any atom is 1.00 e. The Morgan fingerprint density at radius 1 is 1.13 bits per heavy atom. The Morgan fingerprint density at radius 3 is 2.26 bits per heavy atom. The molecule has 0 spiro atoms. The van der Waals surface area contributed by atoms with Gasteiger partial charge in [-0.3, -0.25) is 25.0 Å². The number of aryl methyl sites for hydroxylation is 1. The molecule has 3 rings (SSSR count). The van der Waals surface area contributed by atoms with Gasteiger partial charge in [-0.1, -0.05) is 41.5 Å². The maximum atomic E-state index is 13.9. The van der Waals surface area contributed by atoms with Crippen molar-refractivity contribution in [2.75, 3.05) is 0 Å². The van der Waals surface area contributed by atoms with Gasteiger partial charge >= 0.3 is 29.6 Å². The number of aliphatic hydroxyl groups is 2. The zero-order valence-electron chi connectivity index (χ0n) is 28.9. The molecule has 2 aliphatic rings. The molecule has 2 heterocycles. The van der Waals surface area contributed by atoms with Crippen molar-refractivity contribution < 1.29 is 69.0 Å². The van der Waals surface area contributed by atoms with Crippen LogP contribution in [0.25, 0.3) is 0 Å². The largest absolute Gasteiger partial charge is 1.00 e. The van der Waals surface area contributed by atoms with Crippen molar-refractivity contribution in [1.82, 2.24) is 0 Å².